The van der Waals surface area contributed by atoms with Gasteiger partial charge in [0.2, 0.25) is 5.01 Å². The van der Waals surface area contributed by atoms with E-state index in [9.17, 15) is 21.6 Å². The first-order valence-corrected chi connectivity index (χ1v) is 10.0. The lowest BCUT2D eigenvalue weighted by atomic mass is 10.1. The first kappa shape index (κ1) is 19.8. The lowest BCUT2D eigenvalue weighted by Gasteiger charge is -2.19. The lowest BCUT2D eigenvalue weighted by Crippen LogP contribution is -2.29. The summed E-state index contributed by atoms with van der Waals surface area (Å²) in [7, 11) is -3.25. The van der Waals surface area contributed by atoms with Gasteiger partial charge in [-0.05, 0) is 38.3 Å². The first-order valence-electron chi connectivity index (χ1n) is 7.58. The van der Waals surface area contributed by atoms with E-state index >= 15 is 0 Å². The molecule has 0 amide bonds. The predicted molar refractivity (Wildman–Crippen MR) is 91.1 cm³/mol. The third kappa shape index (κ3) is 5.24. The Labute approximate surface area is 149 Å². The molecule has 0 unspecified atom stereocenters. The highest BCUT2D eigenvalue weighted by molar-refractivity contribution is 7.91. The molecule has 0 atom stereocenters. The average molecular weight is 392 g/mol. The zero-order chi connectivity index (χ0) is 18.9. The molecule has 0 N–H and O–H groups in total. The van der Waals surface area contributed by atoms with Crippen LogP contribution in [-0.4, -0.2) is 23.4 Å². The summed E-state index contributed by atoms with van der Waals surface area (Å²) >= 11 is 0.546. The molecule has 1 heterocycles. The molecule has 2 rings (SSSR count). The third-order valence-corrected chi connectivity index (χ3v) is 7.26. The molecular weight excluding hydrogens is 373 g/mol. The molecule has 0 fully saturated rings. The molecule has 9 heteroatoms. The number of benzene rings is 1. The van der Waals surface area contributed by atoms with Gasteiger partial charge in [0.25, 0.3) is 0 Å². The van der Waals surface area contributed by atoms with Crippen LogP contribution in [0.1, 0.15) is 41.9 Å². The second-order valence-electron chi connectivity index (χ2n) is 6.69. The lowest BCUT2D eigenvalue weighted by molar-refractivity contribution is -0.138. The monoisotopic (exact) mass is 392 g/mol. The number of hydrogen-bond donors (Lipinski definition) is 0. The van der Waals surface area contributed by atoms with Crippen LogP contribution in [0.3, 0.4) is 0 Å². The molecule has 4 nitrogen and oxygen atoms in total. The van der Waals surface area contributed by atoms with E-state index < -0.39 is 25.8 Å². The van der Waals surface area contributed by atoms with Gasteiger partial charge >= 0.3 is 6.18 Å². The van der Waals surface area contributed by atoms with Crippen LogP contribution in [0.5, 0.6) is 0 Å². The molecule has 0 spiro atoms. The van der Waals surface area contributed by atoms with Gasteiger partial charge in [0, 0.05) is 6.42 Å². The fourth-order valence-corrected chi connectivity index (χ4v) is 3.73. The van der Waals surface area contributed by atoms with Crippen LogP contribution >= 0.6 is 11.3 Å². The summed E-state index contributed by atoms with van der Waals surface area (Å²) in [6.45, 7) is 4.98. The fourth-order valence-electron chi connectivity index (χ4n) is 1.96. The summed E-state index contributed by atoms with van der Waals surface area (Å²) < 4.78 is 61.0. The number of alkyl halides is 3. The van der Waals surface area contributed by atoms with E-state index in [0.29, 0.717) is 34.7 Å². The molecule has 1 aromatic carbocycles. The largest absolute Gasteiger partial charge is 0.445 e. The van der Waals surface area contributed by atoms with Crippen molar-refractivity contribution < 1.29 is 21.6 Å². The molecule has 0 aliphatic heterocycles. The second-order valence-corrected chi connectivity index (χ2v) is 10.5. The smallest absolute Gasteiger partial charge is 0.228 e. The van der Waals surface area contributed by atoms with Gasteiger partial charge in [-0.1, -0.05) is 35.6 Å². The average Bonchev–Trinajstić information content (AvgIpc) is 2.94. The van der Waals surface area contributed by atoms with E-state index in [2.05, 4.69) is 10.2 Å². The SMILES string of the molecule is CC(C)(C)S(=O)(=O)Cc1ccc(CCc2nnc(C(F)(F)F)s2)cc1. The van der Waals surface area contributed by atoms with Crippen molar-refractivity contribution in [1.82, 2.24) is 10.2 Å². The summed E-state index contributed by atoms with van der Waals surface area (Å²) in [5, 5.41) is 6.10. The Morgan fingerprint density at radius 2 is 1.52 bits per heavy atom. The molecular formula is C16H19F3N2O2S2. The third-order valence-electron chi connectivity index (χ3n) is 3.65. The zero-order valence-corrected chi connectivity index (χ0v) is 15.7. The second kappa shape index (κ2) is 7.03. The van der Waals surface area contributed by atoms with Crippen LogP contribution in [0.2, 0.25) is 0 Å². The molecule has 0 radical (unpaired) electrons. The van der Waals surface area contributed by atoms with E-state index in [1.807, 2.05) is 0 Å². The summed E-state index contributed by atoms with van der Waals surface area (Å²) in [4.78, 5) is 0. The Hall–Kier alpha value is -1.48. The highest BCUT2D eigenvalue weighted by atomic mass is 32.2. The minimum absolute atomic E-state index is 0.0396. The number of nitrogens with zero attached hydrogens (tertiary/aromatic N) is 2. The fraction of sp³-hybridized carbons (Fsp3) is 0.500. The van der Waals surface area contributed by atoms with E-state index in [1.54, 1.807) is 45.0 Å². The molecule has 1 aromatic heterocycles. The summed E-state index contributed by atoms with van der Waals surface area (Å²) in [5.41, 5.74) is 1.59. The van der Waals surface area contributed by atoms with Gasteiger partial charge in [-0.15, -0.1) is 10.2 Å². The van der Waals surface area contributed by atoms with Crippen molar-refractivity contribution in [3.05, 3.63) is 45.4 Å². The Kier molecular flexibility index (Phi) is 5.58. The van der Waals surface area contributed by atoms with Gasteiger partial charge in [0.1, 0.15) is 5.01 Å². The van der Waals surface area contributed by atoms with Gasteiger partial charge in [-0.2, -0.15) is 13.2 Å². The predicted octanol–water partition coefficient (Wildman–Crippen LogP) is 4.06. The Bertz CT molecular complexity index is 820. The Morgan fingerprint density at radius 1 is 0.960 bits per heavy atom. The molecule has 0 saturated heterocycles. The van der Waals surface area contributed by atoms with Crippen molar-refractivity contribution in [3.8, 4) is 0 Å². The number of sulfone groups is 1. The number of aryl methyl sites for hydroxylation is 2. The molecule has 0 bridgehead atoms. The molecule has 2 aromatic rings. The van der Waals surface area contributed by atoms with E-state index in [0.717, 1.165) is 5.56 Å². The van der Waals surface area contributed by atoms with E-state index in [4.69, 9.17) is 0 Å². The highest BCUT2D eigenvalue weighted by Crippen LogP contribution is 2.31. The van der Waals surface area contributed by atoms with Crippen molar-refractivity contribution in [2.24, 2.45) is 0 Å². The summed E-state index contributed by atoms with van der Waals surface area (Å²) in [6, 6.07) is 7.05. The van der Waals surface area contributed by atoms with Crippen molar-refractivity contribution >= 4 is 21.2 Å². The summed E-state index contributed by atoms with van der Waals surface area (Å²) in [6.07, 6.45) is -3.59. The van der Waals surface area contributed by atoms with Crippen LogP contribution in [0, 0.1) is 0 Å². The van der Waals surface area contributed by atoms with Gasteiger partial charge in [-0.25, -0.2) is 8.42 Å². The van der Waals surface area contributed by atoms with Crippen LogP contribution in [0.15, 0.2) is 24.3 Å². The van der Waals surface area contributed by atoms with Gasteiger partial charge in [0.05, 0.1) is 10.5 Å². The van der Waals surface area contributed by atoms with Crippen molar-refractivity contribution in [3.63, 3.8) is 0 Å². The molecule has 138 valence electrons. The number of hydrogen-bond acceptors (Lipinski definition) is 5. The maximum atomic E-state index is 12.5. The standard InChI is InChI=1S/C16H19F3N2O2S2/c1-15(2,3)25(22,23)10-12-6-4-11(5-7-12)8-9-13-20-21-14(24-13)16(17,18)19/h4-7H,8-10H2,1-3H3. The first-order chi connectivity index (χ1) is 11.4. The van der Waals surface area contributed by atoms with Crippen LogP contribution in [-0.2, 0) is 34.6 Å². The Morgan fingerprint density at radius 3 is 2.00 bits per heavy atom. The van der Waals surface area contributed by atoms with E-state index in [-0.39, 0.29) is 5.75 Å². The molecule has 0 aliphatic carbocycles. The molecule has 25 heavy (non-hydrogen) atoms. The van der Waals surface area contributed by atoms with Crippen molar-refractivity contribution in [1.29, 1.82) is 0 Å². The molecule has 0 saturated carbocycles. The maximum Gasteiger partial charge on any atom is 0.445 e. The van der Waals surface area contributed by atoms with Gasteiger partial charge < -0.3 is 0 Å². The van der Waals surface area contributed by atoms with Crippen LogP contribution in [0.4, 0.5) is 13.2 Å². The normalized spacial score (nSPS) is 13.2. The maximum absolute atomic E-state index is 12.5. The number of halogens is 3. The molecule has 0 aliphatic rings. The minimum Gasteiger partial charge on any atom is -0.228 e. The van der Waals surface area contributed by atoms with Gasteiger partial charge in [-0.3, -0.25) is 0 Å². The number of rotatable bonds is 5. The topological polar surface area (TPSA) is 59.9 Å². The zero-order valence-electron chi connectivity index (χ0n) is 14.1. The van der Waals surface area contributed by atoms with Crippen LogP contribution < -0.4 is 0 Å². The Balaban J connectivity index is 1.98. The highest BCUT2D eigenvalue weighted by Gasteiger charge is 2.35. The van der Waals surface area contributed by atoms with Gasteiger partial charge in [0.15, 0.2) is 9.84 Å². The van der Waals surface area contributed by atoms with Crippen molar-refractivity contribution in [2.45, 2.75) is 50.3 Å². The minimum atomic E-state index is -4.46. The van der Waals surface area contributed by atoms with Crippen molar-refractivity contribution in [2.75, 3.05) is 0 Å². The summed E-state index contributed by atoms with van der Waals surface area (Å²) in [5.74, 6) is -0.0396. The number of aromatic nitrogens is 2. The van der Waals surface area contributed by atoms with E-state index in [1.165, 1.54) is 0 Å². The van der Waals surface area contributed by atoms with Crippen LogP contribution in [0.25, 0.3) is 0 Å². The quantitative estimate of drug-likeness (QED) is 0.770.